The normalized spacial score (nSPS) is 15.5. The second-order valence-electron chi connectivity index (χ2n) is 5.32. The van der Waals surface area contributed by atoms with Crippen LogP contribution < -0.4 is 0 Å². The van der Waals surface area contributed by atoms with Crippen LogP contribution in [0.5, 0.6) is 0 Å². The summed E-state index contributed by atoms with van der Waals surface area (Å²) in [5.74, 6) is -0.206. The molecule has 24 heavy (non-hydrogen) atoms. The molecule has 0 saturated heterocycles. The van der Waals surface area contributed by atoms with Crippen molar-refractivity contribution in [3.05, 3.63) is 57.0 Å². The molecule has 0 bridgehead atoms. The van der Waals surface area contributed by atoms with Crippen molar-refractivity contribution in [2.24, 2.45) is 4.99 Å². The molecule has 0 amide bonds. The van der Waals surface area contributed by atoms with Crippen LogP contribution in [0.3, 0.4) is 0 Å². The number of aromatic nitrogens is 2. The Morgan fingerprint density at radius 2 is 2.04 bits per heavy atom. The van der Waals surface area contributed by atoms with E-state index in [0.717, 1.165) is 11.3 Å². The molecule has 1 aliphatic rings. The van der Waals surface area contributed by atoms with E-state index < -0.39 is 10.9 Å². The fraction of sp³-hybridized carbons (Fsp3) is 0.188. The van der Waals surface area contributed by atoms with E-state index in [1.807, 2.05) is 6.92 Å². The van der Waals surface area contributed by atoms with Gasteiger partial charge in [-0.05, 0) is 26.0 Å². The second-order valence-corrected chi connectivity index (χ2v) is 5.32. The zero-order valence-electron chi connectivity index (χ0n) is 13.3. The van der Waals surface area contributed by atoms with Gasteiger partial charge < -0.3 is 4.74 Å². The standard InChI is InChI=1S/C16H14N4O4/c1-9-14(8-15-16(21)24-11(3)17-15)10(2)19(18-9)12-5-4-6-13(7-12)20(22)23/h4-8H,1-3H3/b15-8-. The van der Waals surface area contributed by atoms with Crippen molar-refractivity contribution in [1.82, 2.24) is 9.78 Å². The number of aliphatic imine (C=N–C) groups is 1. The molecule has 1 aromatic carbocycles. The van der Waals surface area contributed by atoms with Crippen LogP contribution in [0.25, 0.3) is 11.8 Å². The Kier molecular flexibility index (Phi) is 3.72. The van der Waals surface area contributed by atoms with Gasteiger partial charge in [-0.1, -0.05) is 6.07 Å². The Bertz CT molecular complexity index is 924. The van der Waals surface area contributed by atoms with Crippen molar-refractivity contribution >= 4 is 23.6 Å². The first-order valence-electron chi connectivity index (χ1n) is 7.17. The number of aryl methyl sites for hydroxylation is 1. The molecule has 0 unspecified atom stereocenters. The number of esters is 1. The van der Waals surface area contributed by atoms with Crippen LogP contribution in [0.1, 0.15) is 23.9 Å². The predicted molar refractivity (Wildman–Crippen MR) is 86.9 cm³/mol. The minimum atomic E-state index is -0.505. The number of benzene rings is 1. The smallest absolute Gasteiger partial charge is 0.363 e. The Morgan fingerprint density at radius 3 is 2.67 bits per heavy atom. The SMILES string of the molecule is CC1=N/C(=C\c2c(C)nn(-c3cccc([N+](=O)[O-])c3)c2C)C(=O)O1. The van der Waals surface area contributed by atoms with Gasteiger partial charge in [-0.15, -0.1) is 0 Å². The third-order valence-corrected chi connectivity index (χ3v) is 3.64. The number of carbonyl (C=O) groups excluding carboxylic acids is 1. The first-order chi connectivity index (χ1) is 11.4. The van der Waals surface area contributed by atoms with Crippen LogP contribution in [-0.2, 0) is 9.53 Å². The lowest BCUT2D eigenvalue weighted by Gasteiger charge is -2.04. The van der Waals surface area contributed by atoms with Crippen LogP contribution in [0.4, 0.5) is 5.69 Å². The molecule has 122 valence electrons. The molecule has 3 rings (SSSR count). The maximum atomic E-state index is 11.7. The lowest BCUT2D eigenvalue weighted by atomic mass is 10.1. The molecule has 0 saturated carbocycles. The number of non-ortho nitro benzene ring substituents is 1. The van der Waals surface area contributed by atoms with E-state index in [1.54, 1.807) is 36.7 Å². The van der Waals surface area contributed by atoms with E-state index in [4.69, 9.17) is 4.74 Å². The summed E-state index contributed by atoms with van der Waals surface area (Å²) in [6.07, 6.45) is 1.62. The van der Waals surface area contributed by atoms with Crippen molar-refractivity contribution in [1.29, 1.82) is 0 Å². The number of carbonyl (C=O) groups is 1. The summed E-state index contributed by atoms with van der Waals surface area (Å²) in [6.45, 7) is 5.22. The molecule has 0 fully saturated rings. The van der Waals surface area contributed by atoms with Crippen molar-refractivity contribution in [3.8, 4) is 5.69 Å². The van der Waals surface area contributed by atoms with Gasteiger partial charge in [0.15, 0.2) is 11.6 Å². The van der Waals surface area contributed by atoms with Gasteiger partial charge >= 0.3 is 5.97 Å². The summed E-state index contributed by atoms with van der Waals surface area (Å²) in [5.41, 5.74) is 2.92. The number of cyclic esters (lactones) is 1. The number of nitro benzene ring substituents is 1. The third-order valence-electron chi connectivity index (χ3n) is 3.64. The van der Waals surface area contributed by atoms with Crippen molar-refractivity contribution in [3.63, 3.8) is 0 Å². The number of nitrogens with zero attached hydrogens (tertiary/aromatic N) is 4. The number of nitro groups is 1. The summed E-state index contributed by atoms with van der Waals surface area (Å²) < 4.78 is 6.50. The highest BCUT2D eigenvalue weighted by Gasteiger charge is 2.22. The Morgan fingerprint density at radius 1 is 1.29 bits per heavy atom. The molecule has 0 atom stereocenters. The Balaban J connectivity index is 2.08. The van der Waals surface area contributed by atoms with Crippen LogP contribution in [-0.4, -0.2) is 26.6 Å². The monoisotopic (exact) mass is 326 g/mol. The molecule has 2 aromatic rings. The van der Waals surface area contributed by atoms with Crippen molar-refractivity contribution in [2.75, 3.05) is 0 Å². The number of hydrogen-bond donors (Lipinski definition) is 0. The van der Waals surface area contributed by atoms with E-state index in [9.17, 15) is 14.9 Å². The average Bonchev–Trinajstić information content (AvgIpc) is 3.00. The van der Waals surface area contributed by atoms with E-state index in [2.05, 4.69) is 10.1 Å². The first kappa shape index (κ1) is 15.6. The van der Waals surface area contributed by atoms with Crippen LogP contribution in [0.15, 0.2) is 35.0 Å². The van der Waals surface area contributed by atoms with Gasteiger partial charge in [0.2, 0.25) is 0 Å². The topological polar surface area (TPSA) is 99.6 Å². The molecule has 0 aliphatic carbocycles. The molecule has 0 spiro atoms. The zero-order valence-corrected chi connectivity index (χ0v) is 13.3. The molecule has 1 aliphatic heterocycles. The van der Waals surface area contributed by atoms with E-state index in [-0.39, 0.29) is 11.4 Å². The molecular formula is C16H14N4O4. The van der Waals surface area contributed by atoms with Crippen LogP contribution in [0, 0.1) is 24.0 Å². The summed E-state index contributed by atoms with van der Waals surface area (Å²) in [4.78, 5) is 26.2. The maximum Gasteiger partial charge on any atom is 0.363 e. The fourth-order valence-electron chi connectivity index (χ4n) is 2.51. The largest absolute Gasteiger partial charge is 0.407 e. The van der Waals surface area contributed by atoms with Crippen molar-refractivity contribution in [2.45, 2.75) is 20.8 Å². The van der Waals surface area contributed by atoms with E-state index in [1.165, 1.54) is 12.1 Å². The second kappa shape index (κ2) is 5.73. The predicted octanol–water partition coefficient (Wildman–Crippen LogP) is 2.71. The first-order valence-corrected chi connectivity index (χ1v) is 7.17. The highest BCUT2D eigenvalue weighted by atomic mass is 16.6. The summed E-state index contributed by atoms with van der Waals surface area (Å²) in [7, 11) is 0. The maximum absolute atomic E-state index is 11.7. The summed E-state index contributed by atoms with van der Waals surface area (Å²) >= 11 is 0. The lowest BCUT2D eigenvalue weighted by Crippen LogP contribution is -2.01. The quantitative estimate of drug-likeness (QED) is 0.374. The van der Waals surface area contributed by atoms with Gasteiger partial charge in [-0.2, -0.15) is 5.10 Å². The molecule has 0 N–H and O–H groups in total. The highest BCUT2D eigenvalue weighted by Crippen LogP contribution is 2.24. The van der Waals surface area contributed by atoms with Gasteiger partial charge in [0.05, 0.1) is 16.3 Å². The highest BCUT2D eigenvalue weighted by molar-refractivity contribution is 6.06. The lowest BCUT2D eigenvalue weighted by molar-refractivity contribution is -0.384. The van der Waals surface area contributed by atoms with Gasteiger partial charge in [-0.25, -0.2) is 14.5 Å². The fourth-order valence-corrected chi connectivity index (χ4v) is 2.51. The molecule has 1 aromatic heterocycles. The van der Waals surface area contributed by atoms with E-state index in [0.29, 0.717) is 17.3 Å². The average molecular weight is 326 g/mol. The van der Waals surface area contributed by atoms with Gasteiger partial charge in [0.25, 0.3) is 5.69 Å². The molecule has 8 heteroatoms. The third kappa shape index (κ3) is 2.69. The molecule has 0 radical (unpaired) electrons. The molecule has 2 heterocycles. The summed E-state index contributed by atoms with van der Waals surface area (Å²) in [5, 5.41) is 15.4. The van der Waals surface area contributed by atoms with Crippen LogP contribution >= 0.6 is 0 Å². The van der Waals surface area contributed by atoms with Crippen molar-refractivity contribution < 1.29 is 14.5 Å². The van der Waals surface area contributed by atoms with E-state index >= 15 is 0 Å². The Labute approximate surface area is 137 Å². The zero-order chi connectivity index (χ0) is 17.4. The number of ether oxygens (including phenoxy) is 1. The minimum absolute atomic E-state index is 0.0143. The minimum Gasteiger partial charge on any atom is -0.407 e. The van der Waals surface area contributed by atoms with Gasteiger partial charge in [0, 0.05) is 30.3 Å². The van der Waals surface area contributed by atoms with Crippen LogP contribution in [0.2, 0.25) is 0 Å². The Hall–Kier alpha value is -3.29. The summed E-state index contributed by atoms with van der Waals surface area (Å²) in [6, 6.07) is 6.20. The molecule has 8 nitrogen and oxygen atoms in total. The number of hydrogen-bond acceptors (Lipinski definition) is 6. The molecular weight excluding hydrogens is 312 g/mol. The number of rotatable bonds is 3. The van der Waals surface area contributed by atoms with Gasteiger partial charge in [-0.3, -0.25) is 10.1 Å². The van der Waals surface area contributed by atoms with Gasteiger partial charge in [0.1, 0.15) is 0 Å².